The van der Waals surface area contributed by atoms with Crippen molar-refractivity contribution < 1.29 is 9.53 Å². The van der Waals surface area contributed by atoms with E-state index in [9.17, 15) is 4.79 Å². The van der Waals surface area contributed by atoms with Crippen LogP contribution in [0.1, 0.15) is 13.8 Å². The number of carbonyl (C=O) groups is 1. The molecule has 0 aliphatic carbocycles. The van der Waals surface area contributed by atoms with E-state index in [2.05, 4.69) is 16.6 Å². The van der Waals surface area contributed by atoms with Gasteiger partial charge in [-0.15, -0.1) is 0 Å². The smallest absolute Gasteiger partial charge is 0.337 e. The van der Waals surface area contributed by atoms with Crippen LogP contribution in [0.4, 0.5) is 0 Å². The van der Waals surface area contributed by atoms with Crippen molar-refractivity contribution in [1.82, 2.24) is 4.90 Å². The Balaban J connectivity index is 4.49. The molecule has 0 N–H and O–H groups in total. The normalized spacial score (nSPS) is 12.9. The Bertz CT molecular complexity index is 290. The maximum absolute atomic E-state index is 11.4. The van der Waals surface area contributed by atoms with Crippen LogP contribution >= 0.6 is 0 Å². The second-order valence-electron chi connectivity index (χ2n) is 3.40. The Kier molecular flexibility index (Phi) is 8.17. The number of esters is 1. The molecule has 0 fully saturated rings. The predicted molar refractivity (Wildman–Crippen MR) is 67.2 cm³/mol. The van der Waals surface area contributed by atoms with Gasteiger partial charge in [0, 0.05) is 6.54 Å². The molecular formula is C13H21NO2. The van der Waals surface area contributed by atoms with Gasteiger partial charge in [0.25, 0.3) is 0 Å². The molecule has 0 radical (unpaired) electrons. The van der Waals surface area contributed by atoms with Crippen LogP contribution in [-0.2, 0) is 9.53 Å². The lowest BCUT2D eigenvalue weighted by Crippen LogP contribution is -2.17. The molecule has 0 saturated carbocycles. The topological polar surface area (TPSA) is 29.5 Å². The van der Waals surface area contributed by atoms with E-state index in [0.717, 1.165) is 13.1 Å². The predicted octanol–water partition coefficient (Wildman–Crippen LogP) is 2.17. The van der Waals surface area contributed by atoms with Crippen molar-refractivity contribution >= 4 is 5.97 Å². The molecule has 0 aliphatic heterocycles. The number of likely N-dealkylation sites (N-methyl/N-ethyl adjacent to an activating group) is 1. The highest BCUT2D eigenvalue weighted by atomic mass is 16.5. The number of ether oxygens (including phenoxy) is 1. The second-order valence-corrected chi connectivity index (χ2v) is 3.40. The van der Waals surface area contributed by atoms with E-state index in [-0.39, 0.29) is 5.97 Å². The molecule has 16 heavy (non-hydrogen) atoms. The number of nitrogens with zero attached hydrogens (tertiary/aromatic N) is 1. The van der Waals surface area contributed by atoms with Crippen LogP contribution in [0.25, 0.3) is 0 Å². The second kappa shape index (κ2) is 8.92. The van der Waals surface area contributed by atoms with Gasteiger partial charge in [-0.1, -0.05) is 31.2 Å². The summed E-state index contributed by atoms with van der Waals surface area (Å²) in [7, 11) is 3.41. The first-order valence-corrected chi connectivity index (χ1v) is 5.42. The van der Waals surface area contributed by atoms with Gasteiger partial charge in [-0.25, -0.2) is 4.79 Å². The third kappa shape index (κ3) is 6.19. The summed E-state index contributed by atoms with van der Waals surface area (Å²) in [5.41, 5.74) is 0.560. The van der Waals surface area contributed by atoms with E-state index >= 15 is 0 Å². The molecule has 0 bridgehead atoms. The van der Waals surface area contributed by atoms with Crippen LogP contribution in [0.15, 0.2) is 36.0 Å². The third-order valence-electron chi connectivity index (χ3n) is 2.14. The van der Waals surface area contributed by atoms with Crippen LogP contribution in [0.3, 0.4) is 0 Å². The van der Waals surface area contributed by atoms with Gasteiger partial charge >= 0.3 is 5.97 Å². The summed E-state index contributed by atoms with van der Waals surface area (Å²) >= 11 is 0. The van der Waals surface area contributed by atoms with Crippen molar-refractivity contribution in [3.05, 3.63) is 36.0 Å². The zero-order chi connectivity index (χ0) is 12.4. The lowest BCUT2D eigenvalue weighted by Gasteiger charge is -2.09. The van der Waals surface area contributed by atoms with Crippen molar-refractivity contribution in [2.75, 3.05) is 27.2 Å². The zero-order valence-electron chi connectivity index (χ0n) is 10.6. The highest BCUT2D eigenvalue weighted by Gasteiger charge is 2.03. The minimum atomic E-state index is -0.312. The zero-order valence-corrected chi connectivity index (χ0v) is 10.6. The summed E-state index contributed by atoms with van der Waals surface area (Å²) in [6.45, 7) is 5.79. The van der Waals surface area contributed by atoms with Gasteiger partial charge in [-0.3, -0.25) is 0 Å². The third-order valence-corrected chi connectivity index (χ3v) is 2.14. The fourth-order valence-corrected chi connectivity index (χ4v) is 0.998. The molecule has 0 atom stereocenters. The van der Waals surface area contributed by atoms with E-state index in [0.29, 0.717) is 5.57 Å². The number of carbonyl (C=O) groups excluding carboxylic acids is 1. The van der Waals surface area contributed by atoms with Crippen LogP contribution in [0.5, 0.6) is 0 Å². The molecule has 0 aromatic heterocycles. The fourth-order valence-electron chi connectivity index (χ4n) is 0.998. The Morgan fingerprint density at radius 2 is 2.12 bits per heavy atom. The summed E-state index contributed by atoms with van der Waals surface area (Å²) in [5.74, 6) is -0.312. The highest BCUT2D eigenvalue weighted by Crippen LogP contribution is 2.01. The van der Waals surface area contributed by atoms with Crippen LogP contribution in [-0.4, -0.2) is 38.1 Å². The molecule has 0 saturated heterocycles. The number of methoxy groups -OCH3 is 1. The van der Waals surface area contributed by atoms with Gasteiger partial charge in [0.2, 0.25) is 0 Å². The minimum Gasteiger partial charge on any atom is -0.465 e. The summed E-state index contributed by atoms with van der Waals surface area (Å²) < 4.78 is 4.69. The summed E-state index contributed by atoms with van der Waals surface area (Å²) in [5, 5.41) is 0. The molecular weight excluding hydrogens is 202 g/mol. The summed E-state index contributed by atoms with van der Waals surface area (Å²) in [6.07, 6.45) is 9.18. The maximum atomic E-state index is 11.4. The van der Waals surface area contributed by atoms with Gasteiger partial charge in [0.05, 0.1) is 12.7 Å². The molecule has 0 aromatic rings. The van der Waals surface area contributed by atoms with Gasteiger partial charge in [-0.05, 0) is 26.6 Å². The van der Waals surface area contributed by atoms with Crippen molar-refractivity contribution in [1.29, 1.82) is 0 Å². The van der Waals surface area contributed by atoms with Crippen molar-refractivity contribution in [2.45, 2.75) is 13.8 Å². The van der Waals surface area contributed by atoms with Crippen molar-refractivity contribution in [2.24, 2.45) is 0 Å². The van der Waals surface area contributed by atoms with E-state index < -0.39 is 0 Å². The van der Waals surface area contributed by atoms with Gasteiger partial charge in [0.1, 0.15) is 0 Å². The maximum Gasteiger partial charge on any atom is 0.337 e. The molecule has 0 heterocycles. The molecule has 0 spiro atoms. The molecule has 0 rings (SSSR count). The number of hydrogen-bond acceptors (Lipinski definition) is 3. The molecule has 0 aromatic carbocycles. The molecule has 3 heteroatoms. The van der Waals surface area contributed by atoms with Crippen LogP contribution in [0, 0.1) is 0 Å². The van der Waals surface area contributed by atoms with Gasteiger partial charge in [-0.2, -0.15) is 0 Å². The number of hydrogen-bond donors (Lipinski definition) is 0. The molecule has 0 unspecified atom stereocenters. The highest BCUT2D eigenvalue weighted by molar-refractivity contribution is 5.91. The minimum absolute atomic E-state index is 0.312. The first-order chi connectivity index (χ1) is 7.65. The van der Waals surface area contributed by atoms with Crippen LogP contribution in [0.2, 0.25) is 0 Å². The lowest BCUT2D eigenvalue weighted by molar-refractivity contribution is -0.135. The summed E-state index contributed by atoms with van der Waals surface area (Å²) in [4.78, 5) is 13.5. The van der Waals surface area contributed by atoms with Crippen molar-refractivity contribution in [3.8, 4) is 0 Å². The lowest BCUT2D eigenvalue weighted by atomic mass is 10.2. The first-order valence-electron chi connectivity index (χ1n) is 5.42. The molecule has 0 aliphatic rings. The quantitative estimate of drug-likeness (QED) is 0.392. The van der Waals surface area contributed by atoms with Gasteiger partial charge < -0.3 is 9.64 Å². The number of allylic oxidation sites excluding steroid dienone is 3. The largest absolute Gasteiger partial charge is 0.465 e. The Labute approximate surface area is 98.1 Å². The Morgan fingerprint density at radius 3 is 2.62 bits per heavy atom. The SMILES string of the molecule is C\C=C/C=C(\C=C\CN(C)CC)C(=O)OC. The van der Waals surface area contributed by atoms with Crippen molar-refractivity contribution in [3.63, 3.8) is 0 Å². The number of rotatable bonds is 6. The molecule has 3 nitrogen and oxygen atoms in total. The Hall–Kier alpha value is -1.35. The Morgan fingerprint density at radius 1 is 1.44 bits per heavy atom. The first kappa shape index (κ1) is 14.6. The van der Waals surface area contributed by atoms with E-state index in [1.54, 1.807) is 12.2 Å². The van der Waals surface area contributed by atoms with Gasteiger partial charge in [0.15, 0.2) is 0 Å². The molecule has 0 amide bonds. The van der Waals surface area contributed by atoms with E-state index in [1.807, 2.05) is 32.2 Å². The fraction of sp³-hybridized carbons (Fsp3) is 0.462. The average Bonchev–Trinajstić information content (AvgIpc) is 2.32. The standard InChI is InChI=1S/C13H21NO2/c1-5-7-9-12(13(15)16-4)10-8-11-14(3)6-2/h5,7-10H,6,11H2,1-4H3/b7-5-,10-8+,12-9+. The van der Waals surface area contributed by atoms with Crippen LogP contribution < -0.4 is 0 Å². The monoisotopic (exact) mass is 223 g/mol. The average molecular weight is 223 g/mol. The summed E-state index contributed by atoms with van der Waals surface area (Å²) in [6, 6.07) is 0. The van der Waals surface area contributed by atoms with E-state index in [4.69, 9.17) is 0 Å². The van der Waals surface area contributed by atoms with E-state index in [1.165, 1.54) is 7.11 Å². The molecule has 90 valence electrons.